The molecule has 0 aliphatic rings. The van der Waals surface area contributed by atoms with Crippen LogP contribution in [0, 0.1) is 0 Å². The van der Waals surface area contributed by atoms with Gasteiger partial charge in [0.1, 0.15) is 0 Å². The van der Waals surface area contributed by atoms with Crippen molar-refractivity contribution in [2.24, 2.45) is 0 Å². The molecule has 1 rings (SSSR count). The summed E-state index contributed by atoms with van der Waals surface area (Å²) in [4.78, 5) is 0.325. The Labute approximate surface area is 151 Å². The van der Waals surface area contributed by atoms with Crippen LogP contribution in [0.2, 0.25) is 0 Å². The van der Waals surface area contributed by atoms with Gasteiger partial charge in [-0.05, 0) is 43.3 Å². The maximum absolute atomic E-state index is 12.5. The zero-order chi connectivity index (χ0) is 18.2. The van der Waals surface area contributed by atoms with Gasteiger partial charge in [0.15, 0.2) is 5.11 Å². The van der Waals surface area contributed by atoms with Gasteiger partial charge in [0.25, 0.3) is 0 Å². The molecule has 0 radical (unpaired) electrons. The number of sulfonamides is 1. The van der Waals surface area contributed by atoms with E-state index < -0.39 is 10.0 Å². The minimum absolute atomic E-state index is 0.0110. The number of thiocarbonyl (C=S) groups is 1. The Kier molecular flexibility index (Phi) is 8.66. The van der Waals surface area contributed by atoms with Crippen molar-refractivity contribution in [2.75, 3.05) is 19.6 Å². The van der Waals surface area contributed by atoms with Crippen LogP contribution in [0.4, 0.5) is 0 Å². The molecule has 136 valence electrons. The second-order valence-corrected chi connectivity index (χ2v) is 7.98. The highest BCUT2D eigenvalue weighted by molar-refractivity contribution is 7.89. The lowest BCUT2D eigenvalue weighted by Gasteiger charge is -2.20. The van der Waals surface area contributed by atoms with E-state index in [1.807, 2.05) is 32.9 Å². The average Bonchev–Trinajstić information content (AvgIpc) is 2.56. The second kappa shape index (κ2) is 9.96. The minimum Gasteiger partial charge on any atom is -0.363 e. The van der Waals surface area contributed by atoms with Gasteiger partial charge in [-0.2, -0.15) is 4.31 Å². The molecule has 0 aliphatic carbocycles. The third kappa shape index (κ3) is 5.72. The molecule has 0 unspecified atom stereocenters. The summed E-state index contributed by atoms with van der Waals surface area (Å²) in [5.41, 5.74) is 0.994. The molecule has 5 nitrogen and oxygen atoms in total. The standard InChI is InChI=1S/C17H29N3O2S2/c1-5-8-13-18-17(23)19-14(4)15-9-11-16(12-10-15)24(21,22)20(6-2)7-3/h9-12,14H,5-8,13H2,1-4H3,(H2,18,19,23)/t14-/m1/s1. The molecule has 1 atom stereocenters. The van der Waals surface area contributed by atoms with Gasteiger partial charge >= 0.3 is 0 Å². The Balaban J connectivity index is 2.75. The molecule has 24 heavy (non-hydrogen) atoms. The SMILES string of the molecule is CCCCNC(=S)N[C@H](C)c1ccc(S(=O)(=O)N(CC)CC)cc1. The van der Waals surface area contributed by atoms with Gasteiger partial charge in [-0.15, -0.1) is 0 Å². The zero-order valence-corrected chi connectivity index (χ0v) is 16.6. The van der Waals surface area contributed by atoms with Crippen molar-refractivity contribution in [3.63, 3.8) is 0 Å². The topological polar surface area (TPSA) is 61.4 Å². The predicted molar refractivity (Wildman–Crippen MR) is 104 cm³/mol. The summed E-state index contributed by atoms with van der Waals surface area (Å²) in [6, 6.07) is 7.01. The predicted octanol–water partition coefficient (Wildman–Crippen LogP) is 3.04. The van der Waals surface area contributed by atoms with Crippen LogP contribution < -0.4 is 10.6 Å². The maximum Gasteiger partial charge on any atom is 0.243 e. The Bertz CT molecular complexity index is 611. The summed E-state index contributed by atoms with van der Waals surface area (Å²) in [7, 11) is -3.41. The van der Waals surface area contributed by atoms with Gasteiger partial charge in [-0.25, -0.2) is 8.42 Å². The van der Waals surface area contributed by atoms with Crippen molar-refractivity contribution >= 4 is 27.4 Å². The maximum atomic E-state index is 12.5. The molecule has 0 bridgehead atoms. The molecule has 2 N–H and O–H groups in total. The van der Waals surface area contributed by atoms with E-state index in [0.29, 0.717) is 23.1 Å². The van der Waals surface area contributed by atoms with Gasteiger partial charge in [-0.3, -0.25) is 0 Å². The molecule has 0 amide bonds. The highest BCUT2D eigenvalue weighted by Crippen LogP contribution is 2.19. The Morgan fingerprint density at radius 1 is 1.17 bits per heavy atom. The molecule has 0 aliphatic heterocycles. The Morgan fingerprint density at radius 3 is 2.25 bits per heavy atom. The van der Waals surface area contributed by atoms with E-state index >= 15 is 0 Å². The quantitative estimate of drug-likeness (QED) is 0.516. The lowest BCUT2D eigenvalue weighted by Crippen LogP contribution is -2.37. The van der Waals surface area contributed by atoms with Crippen molar-refractivity contribution in [2.45, 2.75) is 51.5 Å². The normalized spacial score (nSPS) is 12.9. The Morgan fingerprint density at radius 2 is 1.75 bits per heavy atom. The summed E-state index contributed by atoms with van der Waals surface area (Å²) in [5.74, 6) is 0. The van der Waals surface area contributed by atoms with Crippen molar-refractivity contribution in [1.29, 1.82) is 0 Å². The number of hydrogen-bond donors (Lipinski definition) is 2. The third-order valence-electron chi connectivity index (χ3n) is 3.89. The summed E-state index contributed by atoms with van der Waals surface area (Å²) >= 11 is 5.27. The molecule has 0 spiro atoms. The van der Waals surface area contributed by atoms with Crippen LogP contribution in [0.15, 0.2) is 29.2 Å². The van der Waals surface area contributed by atoms with E-state index in [9.17, 15) is 8.42 Å². The molecular weight excluding hydrogens is 342 g/mol. The van der Waals surface area contributed by atoms with Crippen molar-refractivity contribution < 1.29 is 8.42 Å². The molecule has 0 saturated carbocycles. The number of nitrogens with zero attached hydrogens (tertiary/aromatic N) is 1. The van der Waals surface area contributed by atoms with E-state index in [2.05, 4.69) is 17.6 Å². The van der Waals surface area contributed by atoms with Crippen LogP contribution in [-0.2, 0) is 10.0 Å². The lowest BCUT2D eigenvalue weighted by atomic mass is 10.1. The van der Waals surface area contributed by atoms with Gasteiger partial charge < -0.3 is 10.6 Å². The highest BCUT2D eigenvalue weighted by atomic mass is 32.2. The molecule has 1 aromatic rings. The first-order chi connectivity index (χ1) is 11.4. The van der Waals surface area contributed by atoms with Crippen LogP contribution >= 0.6 is 12.2 Å². The van der Waals surface area contributed by atoms with Crippen LogP contribution in [-0.4, -0.2) is 37.5 Å². The molecule has 0 saturated heterocycles. The average molecular weight is 372 g/mol. The number of rotatable bonds is 9. The van der Waals surface area contributed by atoms with Crippen LogP contribution in [0.1, 0.15) is 52.1 Å². The molecule has 1 aromatic carbocycles. The monoisotopic (exact) mass is 371 g/mol. The van der Waals surface area contributed by atoms with Crippen molar-refractivity contribution in [3.05, 3.63) is 29.8 Å². The van der Waals surface area contributed by atoms with Crippen LogP contribution in [0.25, 0.3) is 0 Å². The number of unbranched alkanes of at least 4 members (excludes halogenated alkanes) is 1. The molecule has 0 aromatic heterocycles. The zero-order valence-electron chi connectivity index (χ0n) is 15.0. The summed E-state index contributed by atoms with van der Waals surface area (Å²) in [6.07, 6.45) is 2.20. The second-order valence-electron chi connectivity index (χ2n) is 5.63. The fraction of sp³-hybridized carbons (Fsp3) is 0.588. The number of hydrogen-bond acceptors (Lipinski definition) is 3. The third-order valence-corrected chi connectivity index (χ3v) is 6.21. The van der Waals surface area contributed by atoms with E-state index in [1.165, 1.54) is 4.31 Å². The number of benzene rings is 1. The van der Waals surface area contributed by atoms with E-state index in [-0.39, 0.29) is 6.04 Å². The smallest absolute Gasteiger partial charge is 0.243 e. The first kappa shape index (κ1) is 20.9. The van der Waals surface area contributed by atoms with Crippen molar-refractivity contribution in [3.8, 4) is 0 Å². The van der Waals surface area contributed by atoms with Gasteiger partial charge in [-0.1, -0.05) is 39.3 Å². The number of nitrogens with one attached hydrogen (secondary N) is 2. The summed E-state index contributed by atoms with van der Waals surface area (Å²) < 4.78 is 26.4. The molecule has 0 fully saturated rings. The Hall–Kier alpha value is -1.18. The molecule has 7 heteroatoms. The fourth-order valence-corrected chi connectivity index (χ4v) is 4.09. The first-order valence-electron chi connectivity index (χ1n) is 8.51. The molecule has 0 heterocycles. The largest absolute Gasteiger partial charge is 0.363 e. The van der Waals surface area contributed by atoms with Gasteiger partial charge in [0.2, 0.25) is 10.0 Å². The minimum atomic E-state index is -3.41. The van der Waals surface area contributed by atoms with E-state index in [0.717, 1.165) is 24.9 Å². The van der Waals surface area contributed by atoms with Gasteiger partial charge in [0, 0.05) is 19.6 Å². The van der Waals surface area contributed by atoms with Crippen LogP contribution in [0.3, 0.4) is 0 Å². The lowest BCUT2D eigenvalue weighted by molar-refractivity contribution is 0.445. The van der Waals surface area contributed by atoms with Crippen LogP contribution in [0.5, 0.6) is 0 Å². The van der Waals surface area contributed by atoms with Gasteiger partial charge in [0.05, 0.1) is 10.9 Å². The fourth-order valence-electron chi connectivity index (χ4n) is 2.35. The highest BCUT2D eigenvalue weighted by Gasteiger charge is 2.21. The van der Waals surface area contributed by atoms with Crippen molar-refractivity contribution in [1.82, 2.24) is 14.9 Å². The summed E-state index contributed by atoms with van der Waals surface area (Å²) in [5, 5.41) is 7.01. The summed E-state index contributed by atoms with van der Waals surface area (Å²) in [6.45, 7) is 9.61. The van der Waals surface area contributed by atoms with E-state index in [1.54, 1.807) is 12.1 Å². The first-order valence-corrected chi connectivity index (χ1v) is 10.4. The molecular formula is C17H29N3O2S2. The van der Waals surface area contributed by atoms with E-state index in [4.69, 9.17) is 12.2 Å².